The van der Waals surface area contributed by atoms with Crippen LogP contribution >= 0.6 is 0 Å². The summed E-state index contributed by atoms with van der Waals surface area (Å²) in [7, 11) is 0. The van der Waals surface area contributed by atoms with Crippen LogP contribution in [0, 0.1) is 0 Å². The van der Waals surface area contributed by atoms with E-state index in [2.05, 4.69) is 0 Å². The van der Waals surface area contributed by atoms with Gasteiger partial charge in [-0.2, -0.15) is 0 Å². The minimum absolute atomic E-state index is 0.0231. The van der Waals surface area contributed by atoms with Crippen LogP contribution in [0.25, 0.3) is 0 Å². The second-order valence-electron chi connectivity index (χ2n) is 4.28. The van der Waals surface area contributed by atoms with Gasteiger partial charge in [-0.3, -0.25) is 24.0 Å². The Balaban J connectivity index is -0.000000300. The SMILES string of the molecule is CC(=O)C(=O)O.N[C@@H](CC(=O)O)C(=O)O.N[C@@H](CCC(=O)O)C(=O)O. The lowest BCUT2D eigenvalue weighted by atomic mass is 10.2. The number of carbonyl (C=O) groups excluding carboxylic acids is 1. The third kappa shape index (κ3) is 23.3. The average Bonchev–Trinajstić information content (AvgIpc) is 2.44. The van der Waals surface area contributed by atoms with E-state index in [9.17, 15) is 28.8 Å². The number of rotatable bonds is 8. The van der Waals surface area contributed by atoms with Gasteiger partial charge in [0.2, 0.25) is 5.78 Å². The van der Waals surface area contributed by atoms with Crippen molar-refractivity contribution in [1.29, 1.82) is 0 Å². The Morgan fingerprint density at radius 3 is 1.28 bits per heavy atom. The lowest BCUT2D eigenvalue weighted by Crippen LogP contribution is -2.32. The fourth-order valence-corrected chi connectivity index (χ4v) is 0.678. The van der Waals surface area contributed by atoms with Crippen LogP contribution in [0.2, 0.25) is 0 Å². The molecular weight excluding hydrogens is 348 g/mol. The summed E-state index contributed by atoms with van der Waals surface area (Å²) >= 11 is 0. The van der Waals surface area contributed by atoms with Gasteiger partial charge in [0.15, 0.2) is 0 Å². The largest absolute Gasteiger partial charge is 0.481 e. The van der Waals surface area contributed by atoms with Crippen LogP contribution in [0.5, 0.6) is 0 Å². The maximum atomic E-state index is 9.99. The molecule has 2 atom stereocenters. The number of Topliss-reactive ketones (excluding diaryl/α,β-unsaturated/α-hetero) is 1. The van der Waals surface area contributed by atoms with Crippen molar-refractivity contribution in [2.24, 2.45) is 11.5 Å². The van der Waals surface area contributed by atoms with E-state index in [0.717, 1.165) is 6.92 Å². The molecular formula is C12H20N2O11. The molecule has 9 N–H and O–H groups in total. The first-order valence-electron chi connectivity index (χ1n) is 6.36. The quantitative estimate of drug-likeness (QED) is 0.224. The molecule has 0 aromatic carbocycles. The van der Waals surface area contributed by atoms with Gasteiger partial charge in [0, 0.05) is 13.3 Å². The normalized spacial score (nSPS) is 11.3. The summed E-state index contributed by atoms with van der Waals surface area (Å²) in [6.07, 6.45) is -0.756. The van der Waals surface area contributed by atoms with Crippen LogP contribution in [0.3, 0.4) is 0 Å². The summed E-state index contributed by atoms with van der Waals surface area (Å²) in [6, 6.07) is -2.35. The molecule has 13 heteroatoms. The molecule has 0 aliphatic carbocycles. The highest BCUT2D eigenvalue weighted by Gasteiger charge is 2.14. The highest BCUT2D eigenvalue weighted by Crippen LogP contribution is 1.93. The Morgan fingerprint density at radius 1 is 0.760 bits per heavy atom. The fraction of sp³-hybridized carbons (Fsp3) is 0.500. The van der Waals surface area contributed by atoms with Crippen LogP contribution < -0.4 is 11.5 Å². The van der Waals surface area contributed by atoms with Crippen molar-refractivity contribution < 1.29 is 54.3 Å². The van der Waals surface area contributed by atoms with Gasteiger partial charge >= 0.3 is 29.8 Å². The zero-order valence-corrected chi connectivity index (χ0v) is 13.1. The molecule has 13 nitrogen and oxygen atoms in total. The first kappa shape index (κ1) is 26.8. The molecule has 144 valence electrons. The summed E-state index contributed by atoms with van der Waals surface area (Å²) in [6.45, 7) is 1.00. The van der Waals surface area contributed by atoms with Crippen molar-refractivity contribution in [2.45, 2.75) is 38.3 Å². The molecule has 0 aromatic heterocycles. The number of nitrogens with two attached hydrogens (primary N) is 2. The number of aliphatic carboxylic acids is 5. The molecule has 0 heterocycles. The van der Waals surface area contributed by atoms with Gasteiger partial charge in [0.1, 0.15) is 12.1 Å². The van der Waals surface area contributed by atoms with Crippen LogP contribution in [-0.4, -0.2) is 73.2 Å². The highest BCUT2D eigenvalue weighted by atomic mass is 16.4. The van der Waals surface area contributed by atoms with Gasteiger partial charge < -0.3 is 37.0 Å². The Kier molecular flexibility index (Phi) is 15.6. The number of hydrogen-bond donors (Lipinski definition) is 7. The van der Waals surface area contributed by atoms with Crippen LogP contribution in [0.15, 0.2) is 0 Å². The molecule has 0 amide bonds. The lowest BCUT2D eigenvalue weighted by Gasteiger charge is -2.01. The molecule has 0 saturated carbocycles. The van der Waals surface area contributed by atoms with E-state index in [1.165, 1.54) is 0 Å². The number of carbonyl (C=O) groups is 6. The topological polar surface area (TPSA) is 256 Å². The molecule has 0 rings (SSSR count). The number of carboxylic acids is 5. The minimum Gasteiger partial charge on any atom is -0.481 e. The second kappa shape index (κ2) is 14.5. The van der Waals surface area contributed by atoms with Crippen LogP contribution in [0.4, 0.5) is 0 Å². The Labute approximate surface area is 140 Å². The van der Waals surface area contributed by atoms with Gasteiger partial charge in [0.05, 0.1) is 6.42 Å². The predicted molar refractivity (Wildman–Crippen MR) is 78.7 cm³/mol. The van der Waals surface area contributed by atoms with Gasteiger partial charge in [-0.1, -0.05) is 0 Å². The molecule has 0 saturated heterocycles. The van der Waals surface area contributed by atoms with E-state index in [4.69, 9.17) is 37.0 Å². The Hall–Kier alpha value is -3.06. The molecule has 25 heavy (non-hydrogen) atoms. The first-order chi connectivity index (χ1) is 11.2. The summed E-state index contributed by atoms with van der Waals surface area (Å²) < 4.78 is 0. The molecule has 0 aliphatic heterocycles. The third-order valence-electron chi connectivity index (χ3n) is 2.00. The van der Waals surface area contributed by atoms with E-state index in [1.54, 1.807) is 0 Å². The molecule has 0 aliphatic rings. The average molecular weight is 368 g/mol. The van der Waals surface area contributed by atoms with Crippen molar-refractivity contribution in [3.05, 3.63) is 0 Å². The van der Waals surface area contributed by atoms with Gasteiger partial charge in [-0.15, -0.1) is 0 Å². The molecule has 0 unspecified atom stereocenters. The van der Waals surface area contributed by atoms with Crippen LogP contribution in [-0.2, 0) is 28.8 Å². The van der Waals surface area contributed by atoms with Crippen LogP contribution in [0.1, 0.15) is 26.2 Å². The maximum absolute atomic E-state index is 9.99. The van der Waals surface area contributed by atoms with Crippen molar-refractivity contribution in [1.82, 2.24) is 0 Å². The summed E-state index contributed by atoms with van der Waals surface area (Å²) in [5.41, 5.74) is 9.84. The molecule has 0 bridgehead atoms. The van der Waals surface area contributed by atoms with E-state index >= 15 is 0 Å². The Bertz CT molecular complexity index is 491. The lowest BCUT2D eigenvalue weighted by molar-refractivity contribution is -0.148. The zero-order valence-electron chi connectivity index (χ0n) is 13.1. The minimum atomic E-state index is -1.38. The second-order valence-corrected chi connectivity index (χ2v) is 4.28. The van der Waals surface area contributed by atoms with Gasteiger partial charge in [-0.25, -0.2) is 4.79 Å². The standard InChI is InChI=1S/C5H9NO4.C4H7NO4.C3H4O3/c6-3(5(9)10)1-2-4(7)8;5-2(4(8)9)1-3(6)7;1-2(4)3(5)6/h3H,1-2,6H2,(H,7,8)(H,9,10);2H,1,5H2,(H,6,7)(H,8,9);1H3,(H,5,6)/t3-;2-;/m00./s1. The van der Waals surface area contributed by atoms with Crippen molar-refractivity contribution in [3.63, 3.8) is 0 Å². The van der Waals surface area contributed by atoms with Gasteiger partial charge in [-0.05, 0) is 6.42 Å². The number of ketones is 1. The number of hydrogen-bond acceptors (Lipinski definition) is 8. The van der Waals surface area contributed by atoms with E-state index in [1.807, 2.05) is 0 Å². The summed E-state index contributed by atoms with van der Waals surface area (Å²) in [5.74, 6) is -6.90. The van der Waals surface area contributed by atoms with Crippen molar-refractivity contribution >= 4 is 35.6 Å². The van der Waals surface area contributed by atoms with E-state index < -0.39 is 54.1 Å². The molecule has 0 fully saturated rings. The monoisotopic (exact) mass is 368 g/mol. The third-order valence-corrected chi connectivity index (χ3v) is 2.00. The first-order valence-corrected chi connectivity index (χ1v) is 6.36. The van der Waals surface area contributed by atoms with E-state index in [-0.39, 0.29) is 12.8 Å². The predicted octanol–water partition coefficient (Wildman–Crippen LogP) is -2.20. The number of carboxylic acid groups (broad SMARTS) is 5. The summed E-state index contributed by atoms with van der Waals surface area (Å²) in [5, 5.41) is 39.9. The van der Waals surface area contributed by atoms with Crippen molar-refractivity contribution in [3.8, 4) is 0 Å². The molecule has 0 spiro atoms. The van der Waals surface area contributed by atoms with Gasteiger partial charge in [0.25, 0.3) is 0 Å². The smallest absolute Gasteiger partial charge is 0.371 e. The maximum Gasteiger partial charge on any atom is 0.371 e. The highest BCUT2D eigenvalue weighted by molar-refractivity contribution is 6.31. The molecule has 0 radical (unpaired) electrons. The zero-order chi connectivity index (χ0) is 20.7. The van der Waals surface area contributed by atoms with Crippen molar-refractivity contribution in [2.75, 3.05) is 0 Å². The molecule has 0 aromatic rings. The Morgan fingerprint density at radius 2 is 1.12 bits per heavy atom. The van der Waals surface area contributed by atoms with E-state index in [0.29, 0.717) is 0 Å². The summed E-state index contributed by atoms with van der Waals surface area (Å²) in [4.78, 5) is 58.4. The fourth-order valence-electron chi connectivity index (χ4n) is 0.678.